The number of ether oxygens (including phenoxy) is 3. The van der Waals surface area contributed by atoms with Crippen molar-refractivity contribution in [1.82, 2.24) is 20.6 Å². The first kappa shape index (κ1) is 29.3. The minimum Gasteiger partial charge on any atom is -0.497 e. The number of nitrogens with one attached hydrogen (secondary N) is 3. The molecular weight excluding hydrogens is 542 g/mol. The van der Waals surface area contributed by atoms with E-state index in [1.807, 2.05) is 56.3 Å². The molecule has 41 heavy (non-hydrogen) atoms. The number of aromatic nitrogens is 1. The molecular formula is C30H33N5O5S. The second-order valence-electron chi connectivity index (χ2n) is 9.27. The number of hydrazone groups is 1. The summed E-state index contributed by atoms with van der Waals surface area (Å²) in [7, 11) is 1.63. The number of rotatable bonds is 10. The Kier molecular flexibility index (Phi) is 9.41. The van der Waals surface area contributed by atoms with Crippen LogP contribution in [0.15, 0.2) is 71.0 Å². The Morgan fingerprint density at radius 1 is 1.12 bits per heavy atom. The second kappa shape index (κ2) is 13.1. The molecule has 4 rings (SSSR count). The fourth-order valence-corrected chi connectivity index (χ4v) is 4.92. The Bertz CT molecular complexity index is 1510. The zero-order valence-corrected chi connectivity index (χ0v) is 24.4. The van der Waals surface area contributed by atoms with Gasteiger partial charge in [0.2, 0.25) is 0 Å². The number of methoxy groups -OCH3 is 1. The molecule has 10 nitrogen and oxygen atoms in total. The van der Waals surface area contributed by atoms with Crippen LogP contribution < -0.4 is 25.5 Å². The topological polar surface area (TPSA) is 115 Å². The Hall–Kier alpha value is -4.64. The Labute approximate surface area is 244 Å². The number of carbonyl (C=O) groups excluding carboxylic acids is 2. The lowest BCUT2D eigenvalue weighted by Crippen LogP contribution is -2.45. The molecule has 3 N–H and O–H groups in total. The molecule has 0 bridgehead atoms. The highest BCUT2D eigenvalue weighted by Crippen LogP contribution is 2.33. The number of hydrogen-bond donors (Lipinski definition) is 3. The van der Waals surface area contributed by atoms with Gasteiger partial charge in [-0.1, -0.05) is 18.2 Å². The largest absolute Gasteiger partial charge is 0.497 e. The molecule has 1 aliphatic heterocycles. The molecule has 0 radical (unpaired) electrons. The van der Waals surface area contributed by atoms with Crippen molar-refractivity contribution in [2.24, 2.45) is 5.10 Å². The summed E-state index contributed by atoms with van der Waals surface area (Å²) >= 11 is 5.32. The lowest BCUT2D eigenvalue weighted by molar-refractivity contribution is -0.139. The fourth-order valence-electron chi connectivity index (χ4n) is 4.65. The average molecular weight is 576 g/mol. The van der Waals surface area contributed by atoms with Crippen molar-refractivity contribution in [2.45, 2.75) is 33.7 Å². The standard InChI is InChI=1S/C30H33N5O5S/c1-6-39-29(37)27-19(3)32-30(41)33-28(27)24-9-7-8-10-25(24)40-17-26(36)34-31-16-21-15-18(2)35(20(21)4)22-11-13-23(38-5)14-12-22/h7-16,28H,6,17H2,1-5H3,(H,34,36)(H2,32,33,41)/t28-/m0/s1. The summed E-state index contributed by atoms with van der Waals surface area (Å²) in [6, 6.07) is 16.3. The molecule has 1 aromatic heterocycles. The summed E-state index contributed by atoms with van der Waals surface area (Å²) in [4.78, 5) is 25.3. The van der Waals surface area contributed by atoms with E-state index in [0.717, 1.165) is 28.4 Å². The molecule has 0 spiro atoms. The van der Waals surface area contributed by atoms with Crippen LogP contribution in [-0.4, -0.2) is 48.1 Å². The fraction of sp³-hybridized carbons (Fsp3) is 0.267. The number of thiocarbonyl (C=S) groups is 1. The second-order valence-corrected chi connectivity index (χ2v) is 9.68. The van der Waals surface area contributed by atoms with Crippen molar-refractivity contribution in [3.63, 3.8) is 0 Å². The quantitative estimate of drug-likeness (QED) is 0.144. The molecule has 0 unspecified atom stereocenters. The molecule has 0 fully saturated rings. The van der Waals surface area contributed by atoms with E-state index in [2.05, 4.69) is 25.7 Å². The minimum atomic E-state index is -0.610. The van der Waals surface area contributed by atoms with E-state index < -0.39 is 17.9 Å². The molecule has 2 aromatic carbocycles. The van der Waals surface area contributed by atoms with Gasteiger partial charge in [0.1, 0.15) is 11.5 Å². The van der Waals surface area contributed by atoms with Crippen molar-refractivity contribution in [3.8, 4) is 17.2 Å². The van der Waals surface area contributed by atoms with Gasteiger partial charge in [-0.25, -0.2) is 10.2 Å². The third kappa shape index (κ3) is 6.75. The van der Waals surface area contributed by atoms with Gasteiger partial charge in [0.15, 0.2) is 11.7 Å². The van der Waals surface area contributed by atoms with Crippen LogP contribution in [-0.2, 0) is 14.3 Å². The molecule has 11 heteroatoms. The van der Waals surface area contributed by atoms with Gasteiger partial charge in [0.05, 0.1) is 31.5 Å². The number of para-hydroxylation sites is 1. The summed E-state index contributed by atoms with van der Waals surface area (Å²) in [5, 5.41) is 10.6. The third-order valence-corrected chi connectivity index (χ3v) is 6.77. The number of carbonyl (C=O) groups is 2. The molecule has 3 aromatic rings. The predicted molar refractivity (Wildman–Crippen MR) is 160 cm³/mol. The molecule has 1 aliphatic rings. The highest BCUT2D eigenvalue weighted by molar-refractivity contribution is 7.80. The van der Waals surface area contributed by atoms with Gasteiger partial charge in [-0.3, -0.25) is 4.79 Å². The van der Waals surface area contributed by atoms with E-state index in [-0.39, 0.29) is 13.2 Å². The van der Waals surface area contributed by atoms with E-state index in [1.165, 1.54) is 0 Å². The Balaban J connectivity index is 1.43. The highest BCUT2D eigenvalue weighted by Gasteiger charge is 2.32. The number of allylic oxidation sites excluding steroid dienone is 1. The lowest BCUT2D eigenvalue weighted by atomic mass is 9.95. The minimum absolute atomic E-state index is 0.233. The number of benzene rings is 2. The zero-order chi connectivity index (χ0) is 29.5. The lowest BCUT2D eigenvalue weighted by Gasteiger charge is -2.30. The van der Waals surface area contributed by atoms with Crippen LogP contribution in [0.4, 0.5) is 0 Å². The van der Waals surface area contributed by atoms with Crippen LogP contribution in [0.5, 0.6) is 11.5 Å². The SMILES string of the molecule is CCOC(=O)C1=C(C)NC(=S)N[C@H]1c1ccccc1OCC(=O)NN=Cc1cc(C)n(-c2ccc(OC)cc2)c1C. The third-order valence-electron chi connectivity index (χ3n) is 6.55. The summed E-state index contributed by atoms with van der Waals surface area (Å²) in [6.45, 7) is 7.45. The van der Waals surface area contributed by atoms with Gasteiger partial charge >= 0.3 is 5.97 Å². The van der Waals surface area contributed by atoms with Crippen LogP contribution in [0.1, 0.15) is 42.4 Å². The predicted octanol–water partition coefficient (Wildman–Crippen LogP) is 3.99. The maximum atomic E-state index is 12.7. The maximum Gasteiger partial charge on any atom is 0.338 e. The summed E-state index contributed by atoms with van der Waals surface area (Å²) in [5.41, 5.74) is 8.00. The van der Waals surface area contributed by atoms with E-state index in [9.17, 15) is 9.59 Å². The molecule has 214 valence electrons. The van der Waals surface area contributed by atoms with E-state index in [4.69, 9.17) is 26.4 Å². The van der Waals surface area contributed by atoms with Crippen LogP contribution >= 0.6 is 12.2 Å². The van der Waals surface area contributed by atoms with Crippen LogP contribution in [0.3, 0.4) is 0 Å². The van der Waals surface area contributed by atoms with Gasteiger partial charge in [0, 0.05) is 33.9 Å². The van der Waals surface area contributed by atoms with Crippen molar-refractivity contribution < 1.29 is 23.8 Å². The van der Waals surface area contributed by atoms with E-state index in [1.54, 1.807) is 39.3 Å². The van der Waals surface area contributed by atoms with Crippen molar-refractivity contribution in [3.05, 3.63) is 88.4 Å². The molecule has 0 saturated heterocycles. The van der Waals surface area contributed by atoms with E-state index in [0.29, 0.717) is 27.7 Å². The monoisotopic (exact) mass is 575 g/mol. The average Bonchev–Trinajstić information content (AvgIpc) is 3.24. The normalized spacial score (nSPS) is 14.9. The highest BCUT2D eigenvalue weighted by atomic mass is 32.1. The Morgan fingerprint density at radius 3 is 2.56 bits per heavy atom. The first-order valence-corrected chi connectivity index (χ1v) is 13.5. The number of nitrogens with zero attached hydrogens (tertiary/aromatic N) is 2. The number of aryl methyl sites for hydroxylation is 1. The zero-order valence-electron chi connectivity index (χ0n) is 23.6. The molecule has 1 amide bonds. The number of hydrogen-bond acceptors (Lipinski definition) is 7. The van der Waals surface area contributed by atoms with Gasteiger partial charge in [0.25, 0.3) is 5.91 Å². The maximum absolute atomic E-state index is 12.7. The van der Waals surface area contributed by atoms with Crippen molar-refractivity contribution in [1.29, 1.82) is 0 Å². The van der Waals surface area contributed by atoms with Crippen LogP contribution in [0.25, 0.3) is 5.69 Å². The van der Waals surface area contributed by atoms with E-state index >= 15 is 0 Å². The molecule has 0 aliphatic carbocycles. The molecule has 1 atom stereocenters. The van der Waals surface area contributed by atoms with Gasteiger partial charge in [-0.05, 0) is 76.3 Å². The Morgan fingerprint density at radius 2 is 1.85 bits per heavy atom. The first-order chi connectivity index (χ1) is 19.7. The first-order valence-electron chi connectivity index (χ1n) is 13.1. The van der Waals surface area contributed by atoms with Gasteiger partial charge in [-0.2, -0.15) is 5.10 Å². The molecule has 0 saturated carbocycles. The van der Waals surface area contributed by atoms with Crippen molar-refractivity contribution in [2.75, 3.05) is 20.3 Å². The molecule has 2 heterocycles. The van der Waals surface area contributed by atoms with Gasteiger partial charge in [-0.15, -0.1) is 0 Å². The van der Waals surface area contributed by atoms with Gasteiger partial charge < -0.3 is 29.4 Å². The summed E-state index contributed by atoms with van der Waals surface area (Å²) in [5.74, 6) is 0.301. The summed E-state index contributed by atoms with van der Waals surface area (Å²) < 4.78 is 18.5. The van der Waals surface area contributed by atoms with Crippen LogP contribution in [0, 0.1) is 13.8 Å². The number of amides is 1. The van der Waals surface area contributed by atoms with Crippen molar-refractivity contribution >= 4 is 35.4 Å². The van der Waals surface area contributed by atoms with Crippen LogP contribution in [0.2, 0.25) is 0 Å². The summed E-state index contributed by atoms with van der Waals surface area (Å²) in [6.07, 6.45) is 1.60. The smallest absolute Gasteiger partial charge is 0.338 e. The number of esters is 1.